The van der Waals surface area contributed by atoms with Gasteiger partial charge in [0, 0.05) is 38.2 Å². The lowest BCUT2D eigenvalue weighted by molar-refractivity contribution is 0.0660. The molecule has 0 atom stereocenters. The van der Waals surface area contributed by atoms with E-state index in [1.165, 1.54) is 12.8 Å². The van der Waals surface area contributed by atoms with Gasteiger partial charge in [0.05, 0.1) is 23.3 Å². The first-order chi connectivity index (χ1) is 14.4. The first kappa shape index (κ1) is 18.6. The number of imidazole rings is 1. The predicted molar refractivity (Wildman–Crippen MR) is 111 cm³/mol. The summed E-state index contributed by atoms with van der Waals surface area (Å²) in [5, 5.41) is 3.44. The van der Waals surface area contributed by atoms with E-state index in [1.54, 1.807) is 0 Å². The zero-order valence-corrected chi connectivity index (χ0v) is 16.8. The summed E-state index contributed by atoms with van der Waals surface area (Å²) in [5.41, 5.74) is 3.96. The minimum atomic E-state index is 0.613. The molecule has 3 aromatic heterocycles. The Morgan fingerprint density at radius 1 is 0.966 bits per heavy atom. The Balaban J connectivity index is 1.40. The summed E-state index contributed by atoms with van der Waals surface area (Å²) >= 11 is 0. The molecule has 0 bridgehead atoms. The number of aromatic nitrogens is 5. The van der Waals surface area contributed by atoms with Crippen LogP contribution in [0, 0.1) is 11.8 Å². The van der Waals surface area contributed by atoms with E-state index in [-0.39, 0.29) is 0 Å². The fourth-order valence-corrected chi connectivity index (χ4v) is 4.51. The van der Waals surface area contributed by atoms with Gasteiger partial charge in [-0.15, -0.1) is 0 Å². The van der Waals surface area contributed by atoms with Gasteiger partial charge in [-0.05, 0) is 63.1 Å². The first-order valence-electron chi connectivity index (χ1n) is 10.8. The van der Waals surface area contributed by atoms with Gasteiger partial charge in [-0.25, -0.2) is 15.0 Å². The summed E-state index contributed by atoms with van der Waals surface area (Å²) in [6.07, 6.45) is 14.2. The molecule has 2 aliphatic rings. The van der Waals surface area contributed by atoms with E-state index < -0.39 is 0 Å². The van der Waals surface area contributed by atoms with Crippen LogP contribution in [-0.2, 0) is 17.6 Å². The second-order valence-electron chi connectivity index (χ2n) is 8.23. The zero-order chi connectivity index (χ0) is 19.5. The summed E-state index contributed by atoms with van der Waals surface area (Å²) in [6.45, 7) is 3.91. The van der Waals surface area contributed by atoms with E-state index in [9.17, 15) is 0 Å². The quantitative estimate of drug-likeness (QED) is 0.719. The molecule has 7 heteroatoms. The van der Waals surface area contributed by atoms with Crippen molar-refractivity contribution in [2.75, 3.05) is 26.3 Å². The predicted octanol–water partition coefficient (Wildman–Crippen LogP) is 2.70. The van der Waals surface area contributed by atoms with Gasteiger partial charge in [-0.2, -0.15) is 0 Å². The van der Waals surface area contributed by atoms with E-state index in [2.05, 4.69) is 19.7 Å². The maximum absolute atomic E-state index is 5.47. The van der Waals surface area contributed by atoms with E-state index in [1.807, 2.05) is 30.9 Å². The molecule has 0 aromatic carbocycles. The largest absolute Gasteiger partial charge is 0.381 e. The fraction of sp³-hybridized carbons (Fsp3) is 0.545. The molecule has 5 rings (SSSR count). The van der Waals surface area contributed by atoms with Gasteiger partial charge in [0.1, 0.15) is 5.82 Å². The van der Waals surface area contributed by atoms with Gasteiger partial charge in [-0.3, -0.25) is 9.38 Å². The summed E-state index contributed by atoms with van der Waals surface area (Å²) in [5.74, 6) is 2.20. The smallest absolute Gasteiger partial charge is 0.159 e. The van der Waals surface area contributed by atoms with Crippen molar-refractivity contribution in [1.29, 1.82) is 0 Å². The number of nitrogens with one attached hydrogen (secondary N) is 1. The number of hydrogen-bond acceptors (Lipinski definition) is 6. The molecule has 152 valence electrons. The molecular weight excluding hydrogens is 364 g/mol. The molecule has 0 aliphatic carbocycles. The molecule has 29 heavy (non-hydrogen) atoms. The molecule has 1 N–H and O–H groups in total. The van der Waals surface area contributed by atoms with Crippen LogP contribution >= 0.6 is 0 Å². The Kier molecular flexibility index (Phi) is 5.49. The van der Waals surface area contributed by atoms with Gasteiger partial charge < -0.3 is 10.1 Å². The molecule has 3 aromatic rings. The SMILES string of the molecule is c1cc(-c2cnc3c(CC4CCNCC4)nccn23)nc(CC2CCOCC2)n1. The van der Waals surface area contributed by atoms with Crippen LogP contribution in [0.3, 0.4) is 0 Å². The Morgan fingerprint density at radius 2 is 1.79 bits per heavy atom. The number of fused-ring (bicyclic) bond motifs is 1. The number of rotatable bonds is 5. The Labute approximate surface area is 171 Å². The molecular formula is C22H28N6O. The third kappa shape index (κ3) is 4.16. The molecule has 5 heterocycles. The van der Waals surface area contributed by atoms with Crippen LogP contribution in [0.1, 0.15) is 37.2 Å². The van der Waals surface area contributed by atoms with Crippen molar-refractivity contribution in [3.05, 3.63) is 42.4 Å². The second-order valence-corrected chi connectivity index (χ2v) is 8.23. The third-order valence-electron chi connectivity index (χ3n) is 6.22. The van der Waals surface area contributed by atoms with Crippen LogP contribution in [0.4, 0.5) is 0 Å². The molecule has 0 amide bonds. The molecule has 0 spiro atoms. The van der Waals surface area contributed by atoms with Crippen molar-refractivity contribution in [2.45, 2.75) is 38.5 Å². The average Bonchev–Trinajstić information content (AvgIpc) is 3.21. The summed E-state index contributed by atoms with van der Waals surface area (Å²) < 4.78 is 7.60. The number of ether oxygens (including phenoxy) is 1. The van der Waals surface area contributed by atoms with Crippen LogP contribution in [0.25, 0.3) is 17.0 Å². The topological polar surface area (TPSA) is 77.2 Å². The Morgan fingerprint density at radius 3 is 2.66 bits per heavy atom. The monoisotopic (exact) mass is 392 g/mol. The number of hydrogen-bond donors (Lipinski definition) is 1. The zero-order valence-electron chi connectivity index (χ0n) is 16.8. The highest BCUT2D eigenvalue weighted by Gasteiger charge is 2.19. The van der Waals surface area contributed by atoms with E-state index in [0.717, 1.165) is 80.5 Å². The van der Waals surface area contributed by atoms with Gasteiger partial charge >= 0.3 is 0 Å². The highest BCUT2D eigenvalue weighted by atomic mass is 16.5. The van der Waals surface area contributed by atoms with Crippen molar-refractivity contribution < 1.29 is 4.74 Å². The summed E-state index contributed by atoms with van der Waals surface area (Å²) in [6, 6.07) is 1.98. The first-order valence-corrected chi connectivity index (χ1v) is 10.8. The van der Waals surface area contributed by atoms with Crippen molar-refractivity contribution in [3.63, 3.8) is 0 Å². The maximum Gasteiger partial charge on any atom is 0.159 e. The fourth-order valence-electron chi connectivity index (χ4n) is 4.51. The molecule has 2 fully saturated rings. The van der Waals surface area contributed by atoms with Crippen molar-refractivity contribution >= 4 is 5.65 Å². The van der Waals surface area contributed by atoms with Crippen LogP contribution in [0.5, 0.6) is 0 Å². The van der Waals surface area contributed by atoms with Crippen molar-refractivity contribution in [1.82, 2.24) is 29.7 Å². The van der Waals surface area contributed by atoms with Crippen LogP contribution < -0.4 is 5.32 Å². The summed E-state index contributed by atoms with van der Waals surface area (Å²) in [4.78, 5) is 18.8. The highest BCUT2D eigenvalue weighted by molar-refractivity contribution is 5.61. The van der Waals surface area contributed by atoms with Gasteiger partial charge in [0.15, 0.2) is 5.65 Å². The molecule has 0 unspecified atom stereocenters. The lowest BCUT2D eigenvalue weighted by Crippen LogP contribution is -2.28. The van der Waals surface area contributed by atoms with Crippen LogP contribution in [0.2, 0.25) is 0 Å². The average molecular weight is 393 g/mol. The van der Waals surface area contributed by atoms with E-state index in [4.69, 9.17) is 14.7 Å². The lowest BCUT2D eigenvalue weighted by atomic mass is 9.93. The second kappa shape index (κ2) is 8.55. The molecule has 2 aliphatic heterocycles. The standard InChI is InChI=1S/C22H28N6O/c1-6-23-7-2-16(1)13-19-22-26-15-20(28(22)10-9-24-19)18-3-8-25-21(27-18)14-17-4-11-29-12-5-17/h3,8-10,15-17,23H,1-2,4-7,11-14H2. The number of nitrogens with zero attached hydrogens (tertiary/aromatic N) is 5. The molecule has 0 saturated carbocycles. The Hall–Kier alpha value is -2.38. The highest BCUT2D eigenvalue weighted by Crippen LogP contribution is 2.24. The van der Waals surface area contributed by atoms with Gasteiger partial charge in [-0.1, -0.05) is 0 Å². The van der Waals surface area contributed by atoms with Gasteiger partial charge in [0.2, 0.25) is 0 Å². The summed E-state index contributed by atoms with van der Waals surface area (Å²) in [7, 11) is 0. The Bertz CT molecular complexity index is 959. The van der Waals surface area contributed by atoms with Gasteiger partial charge in [0.25, 0.3) is 0 Å². The lowest BCUT2D eigenvalue weighted by Gasteiger charge is -2.22. The van der Waals surface area contributed by atoms with Crippen molar-refractivity contribution in [2.24, 2.45) is 11.8 Å². The molecule has 0 radical (unpaired) electrons. The third-order valence-corrected chi connectivity index (χ3v) is 6.22. The minimum Gasteiger partial charge on any atom is -0.381 e. The maximum atomic E-state index is 5.47. The number of piperidine rings is 1. The normalized spacial score (nSPS) is 19.0. The van der Waals surface area contributed by atoms with Crippen LogP contribution in [-0.4, -0.2) is 50.6 Å². The van der Waals surface area contributed by atoms with Crippen molar-refractivity contribution in [3.8, 4) is 11.4 Å². The van der Waals surface area contributed by atoms with E-state index in [0.29, 0.717) is 11.8 Å². The van der Waals surface area contributed by atoms with Crippen LogP contribution in [0.15, 0.2) is 30.9 Å². The molecule has 7 nitrogen and oxygen atoms in total. The minimum absolute atomic E-state index is 0.613. The molecule has 2 saturated heterocycles. The van der Waals surface area contributed by atoms with E-state index >= 15 is 0 Å².